The Hall–Kier alpha value is -3.98. The predicted octanol–water partition coefficient (Wildman–Crippen LogP) is 6.93. The Morgan fingerprint density at radius 3 is 2.38 bits per heavy atom. The zero-order chi connectivity index (χ0) is 21.6. The molecule has 2 nitrogen and oxygen atoms in total. The Bertz CT molecular complexity index is 1850. The van der Waals surface area contributed by atoms with Gasteiger partial charge in [0, 0.05) is 16.8 Å². The van der Waals surface area contributed by atoms with E-state index in [1.165, 1.54) is 16.3 Å². The van der Waals surface area contributed by atoms with E-state index in [0.29, 0.717) is 5.39 Å². The number of hydrogen-bond donors (Lipinski definition) is 0. The molecular weight excluding hydrogens is 395 g/mol. The van der Waals surface area contributed by atoms with E-state index in [0.717, 1.165) is 44.0 Å². The van der Waals surface area contributed by atoms with Crippen molar-refractivity contribution in [1.82, 2.24) is 4.40 Å². The van der Waals surface area contributed by atoms with Gasteiger partial charge in [0.25, 0.3) is 0 Å². The SMILES string of the molecule is Cc1cc(F)c2c3ccccc3n3c4cc(-c5ccccc5)cc5cc[n+](C)c(c1c23)c54. The smallest absolute Gasteiger partial charge is 0.224 e. The fraction of sp³-hybridized carbons (Fsp3) is 0.0690. The molecule has 0 bridgehead atoms. The largest absolute Gasteiger partial charge is 0.307 e. The van der Waals surface area contributed by atoms with Gasteiger partial charge < -0.3 is 4.40 Å². The second kappa shape index (κ2) is 6.04. The topological polar surface area (TPSA) is 8.29 Å². The second-order valence-electron chi connectivity index (χ2n) is 8.73. The van der Waals surface area contributed by atoms with E-state index in [9.17, 15) is 0 Å². The molecule has 0 unspecified atom stereocenters. The summed E-state index contributed by atoms with van der Waals surface area (Å²) in [6.45, 7) is 2.02. The fourth-order valence-electron chi connectivity index (χ4n) is 5.54. The van der Waals surface area contributed by atoms with Gasteiger partial charge in [-0.2, -0.15) is 0 Å². The summed E-state index contributed by atoms with van der Waals surface area (Å²) in [7, 11) is 2.08. The van der Waals surface area contributed by atoms with Crippen LogP contribution >= 0.6 is 0 Å². The van der Waals surface area contributed by atoms with Crippen molar-refractivity contribution in [2.24, 2.45) is 7.05 Å². The molecule has 0 atom stereocenters. The molecule has 3 heterocycles. The molecule has 152 valence electrons. The molecule has 0 amide bonds. The molecule has 0 aliphatic carbocycles. The number of rotatable bonds is 1. The molecule has 7 rings (SSSR count). The fourth-order valence-corrected chi connectivity index (χ4v) is 5.54. The number of aryl methyl sites for hydroxylation is 2. The van der Waals surface area contributed by atoms with Crippen molar-refractivity contribution in [3.05, 3.63) is 96.4 Å². The quantitative estimate of drug-likeness (QED) is 0.156. The molecule has 0 fully saturated rings. The van der Waals surface area contributed by atoms with Crippen molar-refractivity contribution in [2.75, 3.05) is 0 Å². The Morgan fingerprint density at radius 1 is 0.750 bits per heavy atom. The highest BCUT2D eigenvalue weighted by Crippen LogP contribution is 2.42. The minimum Gasteiger partial charge on any atom is -0.307 e. The lowest BCUT2D eigenvalue weighted by Gasteiger charge is -2.14. The number of hydrogen-bond acceptors (Lipinski definition) is 0. The first-order valence-electron chi connectivity index (χ1n) is 10.9. The molecule has 0 saturated carbocycles. The molecule has 3 heteroatoms. The Labute approximate surface area is 184 Å². The van der Waals surface area contributed by atoms with Gasteiger partial charge >= 0.3 is 0 Å². The molecule has 0 radical (unpaired) electrons. The Kier molecular flexibility index (Phi) is 3.34. The molecule has 3 aromatic heterocycles. The third kappa shape index (κ3) is 2.10. The summed E-state index contributed by atoms with van der Waals surface area (Å²) in [5, 5.41) is 5.17. The Balaban J connectivity index is 1.87. The number of benzene rings is 4. The summed E-state index contributed by atoms with van der Waals surface area (Å²) < 4.78 is 19.9. The summed E-state index contributed by atoms with van der Waals surface area (Å²) in [6.07, 6.45) is 2.11. The normalized spacial score (nSPS) is 12.2. The predicted molar refractivity (Wildman–Crippen MR) is 130 cm³/mol. The van der Waals surface area contributed by atoms with Gasteiger partial charge in [-0.25, -0.2) is 8.96 Å². The summed E-state index contributed by atoms with van der Waals surface area (Å²) >= 11 is 0. The lowest BCUT2D eigenvalue weighted by molar-refractivity contribution is -0.643. The van der Waals surface area contributed by atoms with Crippen molar-refractivity contribution in [1.29, 1.82) is 0 Å². The van der Waals surface area contributed by atoms with Gasteiger partial charge in [0.05, 0.1) is 27.3 Å². The van der Waals surface area contributed by atoms with E-state index in [1.54, 1.807) is 6.07 Å². The van der Waals surface area contributed by atoms with E-state index in [2.05, 4.69) is 70.7 Å². The number of pyridine rings is 2. The summed E-state index contributed by atoms with van der Waals surface area (Å²) in [5.74, 6) is -0.159. The van der Waals surface area contributed by atoms with Crippen LogP contribution in [0.3, 0.4) is 0 Å². The van der Waals surface area contributed by atoms with Crippen molar-refractivity contribution in [3.63, 3.8) is 0 Å². The average Bonchev–Trinajstić information content (AvgIpc) is 3.16. The van der Waals surface area contributed by atoms with Crippen LogP contribution in [0.5, 0.6) is 0 Å². The van der Waals surface area contributed by atoms with E-state index in [1.807, 2.05) is 31.2 Å². The van der Waals surface area contributed by atoms with Crippen LogP contribution in [0.25, 0.3) is 60.1 Å². The van der Waals surface area contributed by atoms with Gasteiger partial charge in [0.1, 0.15) is 12.9 Å². The first-order chi connectivity index (χ1) is 15.6. The molecule has 0 spiro atoms. The number of aromatic nitrogens is 2. The third-order valence-electron chi connectivity index (χ3n) is 6.89. The van der Waals surface area contributed by atoms with E-state index in [-0.39, 0.29) is 5.82 Å². The molecule has 0 saturated heterocycles. The van der Waals surface area contributed by atoms with Crippen molar-refractivity contribution in [2.45, 2.75) is 6.92 Å². The van der Waals surface area contributed by atoms with Crippen LogP contribution in [-0.2, 0) is 7.05 Å². The second-order valence-corrected chi connectivity index (χ2v) is 8.73. The van der Waals surface area contributed by atoms with Crippen molar-refractivity contribution >= 4 is 49.0 Å². The van der Waals surface area contributed by atoms with Crippen LogP contribution in [0.4, 0.5) is 4.39 Å². The summed E-state index contributed by atoms with van der Waals surface area (Å²) in [6, 6.07) is 27.0. The zero-order valence-electron chi connectivity index (χ0n) is 17.9. The average molecular weight is 415 g/mol. The van der Waals surface area contributed by atoms with Crippen LogP contribution in [0.15, 0.2) is 85.1 Å². The van der Waals surface area contributed by atoms with Crippen LogP contribution < -0.4 is 4.57 Å². The first kappa shape index (κ1) is 17.7. The minimum absolute atomic E-state index is 0.159. The molecule has 32 heavy (non-hydrogen) atoms. The van der Waals surface area contributed by atoms with E-state index >= 15 is 4.39 Å². The number of halogens is 1. The zero-order valence-corrected chi connectivity index (χ0v) is 17.9. The monoisotopic (exact) mass is 415 g/mol. The van der Waals surface area contributed by atoms with Gasteiger partial charge in [-0.1, -0.05) is 48.5 Å². The standard InChI is InChI=1S/C29H20FN2/c1-17-14-22(30)27-21-10-6-7-11-23(21)32-24-16-20(18-8-4-3-5-9-18)15-19-12-13-31(2)28(26(19)24)25(17)29(27)32/h3-16H,1-2H3/q+1. The maximum atomic E-state index is 15.4. The lowest BCUT2D eigenvalue weighted by Crippen LogP contribution is -2.29. The maximum absolute atomic E-state index is 15.4. The number of fused-ring (bicyclic) bond motifs is 5. The maximum Gasteiger partial charge on any atom is 0.224 e. The van der Waals surface area contributed by atoms with E-state index < -0.39 is 0 Å². The summed E-state index contributed by atoms with van der Waals surface area (Å²) in [5.41, 5.74) is 7.55. The van der Waals surface area contributed by atoms with E-state index in [4.69, 9.17) is 0 Å². The molecule has 0 N–H and O–H groups in total. The highest BCUT2D eigenvalue weighted by atomic mass is 19.1. The summed E-state index contributed by atoms with van der Waals surface area (Å²) in [4.78, 5) is 0. The highest BCUT2D eigenvalue weighted by Gasteiger charge is 2.26. The third-order valence-corrected chi connectivity index (χ3v) is 6.89. The van der Waals surface area contributed by atoms with Crippen LogP contribution in [-0.4, -0.2) is 4.40 Å². The highest BCUT2D eigenvalue weighted by molar-refractivity contribution is 6.26. The van der Waals surface area contributed by atoms with Crippen LogP contribution in [0.1, 0.15) is 5.56 Å². The minimum atomic E-state index is -0.159. The number of nitrogens with zero attached hydrogens (tertiary/aromatic N) is 2. The van der Waals surface area contributed by atoms with Crippen molar-refractivity contribution in [3.8, 4) is 11.1 Å². The number of para-hydroxylation sites is 1. The molecule has 0 aliphatic rings. The van der Waals surface area contributed by atoms with Gasteiger partial charge in [-0.3, -0.25) is 0 Å². The van der Waals surface area contributed by atoms with Gasteiger partial charge in [-0.15, -0.1) is 0 Å². The van der Waals surface area contributed by atoms with Gasteiger partial charge in [-0.05, 0) is 53.3 Å². The molecular formula is C29H20FN2+. The molecule has 4 aromatic carbocycles. The first-order valence-corrected chi connectivity index (χ1v) is 10.9. The lowest BCUT2D eigenvalue weighted by atomic mass is 9.96. The van der Waals surface area contributed by atoms with Gasteiger partial charge in [0.15, 0.2) is 6.20 Å². The van der Waals surface area contributed by atoms with Crippen LogP contribution in [0.2, 0.25) is 0 Å². The van der Waals surface area contributed by atoms with Crippen LogP contribution in [0, 0.1) is 12.7 Å². The van der Waals surface area contributed by atoms with Gasteiger partial charge in [0.2, 0.25) is 5.52 Å². The molecule has 7 aromatic rings. The Morgan fingerprint density at radius 2 is 1.53 bits per heavy atom. The molecule has 0 aliphatic heterocycles. The van der Waals surface area contributed by atoms with Crippen molar-refractivity contribution < 1.29 is 8.96 Å².